The largest absolute Gasteiger partial charge is 0.490 e. The zero-order chi connectivity index (χ0) is 27.7. The molecule has 0 amide bonds. The van der Waals surface area contributed by atoms with Crippen LogP contribution in [0, 0.1) is 11.3 Å². The fourth-order valence-electron chi connectivity index (χ4n) is 6.12. The molecule has 1 saturated carbocycles. The Bertz CT molecular complexity index is 1180. The van der Waals surface area contributed by atoms with Crippen molar-refractivity contribution in [2.45, 2.75) is 83.9 Å². The molecule has 5 atom stereocenters. The van der Waals surface area contributed by atoms with Crippen LogP contribution in [-0.4, -0.2) is 49.6 Å². The van der Waals surface area contributed by atoms with Crippen molar-refractivity contribution in [3.05, 3.63) is 64.2 Å². The van der Waals surface area contributed by atoms with Gasteiger partial charge < -0.3 is 23.7 Å². The minimum absolute atomic E-state index is 0.139. The first-order valence-corrected chi connectivity index (χ1v) is 14.2. The van der Waals surface area contributed by atoms with E-state index in [-0.39, 0.29) is 18.1 Å². The highest BCUT2D eigenvalue weighted by Gasteiger charge is 2.51. The molecule has 1 spiro atoms. The van der Waals surface area contributed by atoms with Gasteiger partial charge in [0.1, 0.15) is 24.1 Å². The van der Waals surface area contributed by atoms with Gasteiger partial charge in [-0.05, 0) is 60.6 Å². The van der Waals surface area contributed by atoms with Crippen LogP contribution < -0.4 is 4.74 Å². The van der Waals surface area contributed by atoms with Crippen molar-refractivity contribution in [3.8, 4) is 5.75 Å². The van der Waals surface area contributed by atoms with Crippen LogP contribution in [0.2, 0.25) is 5.02 Å². The monoisotopic (exact) mass is 556 g/mol. The van der Waals surface area contributed by atoms with E-state index in [1.807, 2.05) is 44.2 Å². The van der Waals surface area contributed by atoms with E-state index in [1.165, 1.54) is 13.8 Å². The second-order valence-electron chi connectivity index (χ2n) is 11.3. The highest BCUT2D eigenvalue weighted by molar-refractivity contribution is 6.31. The quantitative estimate of drug-likeness (QED) is 0.378. The van der Waals surface area contributed by atoms with Crippen LogP contribution in [0.5, 0.6) is 5.75 Å². The molecule has 1 aliphatic carbocycles. The van der Waals surface area contributed by atoms with Crippen molar-refractivity contribution in [2.24, 2.45) is 11.3 Å². The summed E-state index contributed by atoms with van der Waals surface area (Å²) in [5.74, 6) is -0.144. The summed E-state index contributed by atoms with van der Waals surface area (Å²) in [5, 5.41) is 0.637. The Morgan fingerprint density at radius 1 is 1.00 bits per heavy atom. The lowest BCUT2D eigenvalue weighted by Gasteiger charge is -2.52. The standard InChI is InChI=1S/C31H37ClO7/c1-5-27-18(2)28(36-19(3)33)30(37-20(4)34)29(39-27)22-8-11-26(32)23(13-22)12-21-6-9-24(10-7-21)38-25-14-31(15-25)16-35-17-31/h6-11,13,18,25,27-30H,5,12,14-17H2,1-4H3/t18-,27-,28+,29+,30-/m1/s1. The fraction of sp³-hybridized carbons (Fsp3) is 0.548. The molecule has 7 nitrogen and oxygen atoms in total. The number of carbonyl (C=O) groups excluding carboxylic acids is 2. The molecule has 0 unspecified atom stereocenters. The minimum atomic E-state index is -0.771. The van der Waals surface area contributed by atoms with Gasteiger partial charge in [0.2, 0.25) is 0 Å². The lowest BCUT2D eigenvalue weighted by Crippen LogP contribution is -2.56. The molecule has 2 saturated heterocycles. The molecule has 210 valence electrons. The molecule has 2 aromatic rings. The molecule has 5 rings (SSSR count). The molecule has 0 N–H and O–H groups in total. The van der Waals surface area contributed by atoms with Crippen molar-refractivity contribution in [1.82, 2.24) is 0 Å². The number of hydrogen-bond acceptors (Lipinski definition) is 7. The first kappa shape index (κ1) is 27.9. The maximum atomic E-state index is 12.1. The van der Waals surface area contributed by atoms with E-state index in [9.17, 15) is 9.59 Å². The van der Waals surface area contributed by atoms with Gasteiger partial charge in [-0.1, -0.05) is 49.7 Å². The number of esters is 2. The van der Waals surface area contributed by atoms with Crippen molar-refractivity contribution < 1.29 is 33.3 Å². The first-order valence-electron chi connectivity index (χ1n) is 13.8. The normalized spacial score (nSPS) is 27.8. The van der Waals surface area contributed by atoms with Crippen LogP contribution in [-0.2, 0) is 35.0 Å². The number of hydrogen-bond donors (Lipinski definition) is 0. The number of halogens is 1. The smallest absolute Gasteiger partial charge is 0.303 e. The average molecular weight is 557 g/mol. The second kappa shape index (κ2) is 11.5. The Kier molecular flexibility index (Phi) is 8.22. The molecule has 2 aromatic carbocycles. The molecule has 0 bridgehead atoms. The van der Waals surface area contributed by atoms with Crippen LogP contribution in [0.15, 0.2) is 42.5 Å². The van der Waals surface area contributed by atoms with E-state index >= 15 is 0 Å². The van der Waals surface area contributed by atoms with Crippen molar-refractivity contribution in [2.75, 3.05) is 13.2 Å². The van der Waals surface area contributed by atoms with Gasteiger partial charge in [-0.3, -0.25) is 9.59 Å². The van der Waals surface area contributed by atoms with Crippen LogP contribution >= 0.6 is 11.6 Å². The Balaban J connectivity index is 1.33. The summed E-state index contributed by atoms with van der Waals surface area (Å²) in [4.78, 5) is 24.0. The van der Waals surface area contributed by atoms with Gasteiger partial charge in [-0.25, -0.2) is 0 Å². The Morgan fingerprint density at radius 3 is 2.26 bits per heavy atom. The van der Waals surface area contributed by atoms with Gasteiger partial charge in [-0.2, -0.15) is 0 Å². The number of carbonyl (C=O) groups is 2. The average Bonchev–Trinajstić information content (AvgIpc) is 2.84. The summed E-state index contributed by atoms with van der Waals surface area (Å²) in [5.41, 5.74) is 3.21. The molecule has 2 heterocycles. The van der Waals surface area contributed by atoms with Crippen LogP contribution in [0.1, 0.15) is 69.8 Å². The minimum Gasteiger partial charge on any atom is -0.490 e. The third-order valence-corrected chi connectivity index (χ3v) is 8.58. The Morgan fingerprint density at radius 2 is 1.67 bits per heavy atom. The third-order valence-electron chi connectivity index (χ3n) is 8.21. The van der Waals surface area contributed by atoms with Crippen LogP contribution in [0.25, 0.3) is 0 Å². The topological polar surface area (TPSA) is 80.3 Å². The number of ether oxygens (including phenoxy) is 5. The molecule has 2 aliphatic heterocycles. The van der Waals surface area contributed by atoms with Gasteiger partial charge in [-0.15, -0.1) is 0 Å². The molecular weight excluding hydrogens is 520 g/mol. The summed E-state index contributed by atoms with van der Waals surface area (Å²) in [6, 6.07) is 13.9. The van der Waals surface area contributed by atoms with E-state index < -0.39 is 30.3 Å². The predicted octanol–water partition coefficient (Wildman–Crippen LogP) is 5.84. The summed E-state index contributed by atoms with van der Waals surface area (Å²) < 4.78 is 29.4. The summed E-state index contributed by atoms with van der Waals surface area (Å²) in [6.45, 7) is 8.43. The second-order valence-corrected chi connectivity index (χ2v) is 11.7. The predicted molar refractivity (Wildman–Crippen MR) is 146 cm³/mol. The first-order chi connectivity index (χ1) is 18.7. The van der Waals surface area contributed by atoms with Crippen molar-refractivity contribution in [3.63, 3.8) is 0 Å². The van der Waals surface area contributed by atoms with Crippen LogP contribution in [0.4, 0.5) is 0 Å². The maximum Gasteiger partial charge on any atom is 0.303 e. The molecule has 3 fully saturated rings. The molecule has 39 heavy (non-hydrogen) atoms. The van der Waals surface area contributed by atoms with E-state index in [1.54, 1.807) is 0 Å². The maximum absolute atomic E-state index is 12.1. The Labute approximate surface area is 235 Å². The highest BCUT2D eigenvalue weighted by atomic mass is 35.5. The fourth-order valence-corrected chi connectivity index (χ4v) is 6.30. The van der Waals surface area contributed by atoms with E-state index in [0.717, 1.165) is 54.9 Å². The van der Waals surface area contributed by atoms with E-state index in [4.69, 9.17) is 35.3 Å². The van der Waals surface area contributed by atoms with Gasteiger partial charge in [0, 0.05) is 30.2 Å². The summed E-state index contributed by atoms with van der Waals surface area (Å²) in [6.07, 6.45) is 1.57. The SMILES string of the molecule is CC[C@H]1O[C@@H](c2ccc(Cl)c(Cc3ccc(OC4CC5(COC5)C4)cc3)c2)[C@H](OC(C)=O)[C@@H](OC(C)=O)[C@@H]1C. The molecule has 0 aromatic heterocycles. The van der Waals surface area contributed by atoms with E-state index in [2.05, 4.69) is 12.1 Å². The lowest BCUT2D eigenvalue weighted by atomic mass is 9.65. The van der Waals surface area contributed by atoms with Crippen molar-refractivity contribution >= 4 is 23.5 Å². The van der Waals surface area contributed by atoms with Gasteiger partial charge in [0.15, 0.2) is 6.10 Å². The lowest BCUT2D eigenvalue weighted by molar-refractivity contribution is -0.225. The molecule has 3 aliphatic rings. The zero-order valence-corrected chi connectivity index (χ0v) is 23.7. The molecule has 8 heteroatoms. The van der Waals surface area contributed by atoms with Crippen LogP contribution in [0.3, 0.4) is 0 Å². The van der Waals surface area contributed by atoms with Gasteiger partial charge >= 0.3 is 11.9 Å². The van der Waals surface area contributed by atoms with E-state index in [0.29, 0.717) is 16.9 Å². The number of benzene rings is 2. The third kappa shape index (κ3) is 6.11. The zero-order valence-electron chi connectivity index (χ0n) is 23.0. The number of rotatable bonds is 8. The summed E-state index contributed by atoms with van der Waals surface area (Å²) >= 11 is 6.62. The molecule has 0 radical (unpaired) electrons. The summed E-state index contributed by atoms with van der Waals surface area (Å²) in [7, 11) is 0. The van der Waals surface area contributed by atoms with Gasteiger partial charge in [0.05, 0.1) is 19.3 Å². The Hall–Kier alpha value is -2.61. The highest BCUT2D eigenvalue weighted by Crippen LogP contribution is 2.48. The van der Waals surface area contributed by atoms with Gasteiger partial charge in [0.25, 0.3) is 0 Å². The molecular formula is C31H37ClO7. The van der Waals surface area contributed by atoms with Crippen molar-refractivity contribution in [1.29, 1.82) is 0 Å².